The predicted octanol–water partition coefficient (Wildman–Crippen LogP) is 3.37. The summed E-state index contributed by atoms with van der Waals surface area (Å²) < 4.78 is 6.69. The van der Waals surface area contributed by atoms with Crippen LogP contribution in [0.15, 0.2) is 22.7 Å². The highest BCUT2D eigenvalue weighted by Gasteiger charge is 2.21. The first kappa shape index (κ1) is 14.8. The van der Waals surface area contributed by atoms with Crippen molar-refractivity contribution in [2.24, 2.45) is 5.92 Å². The number of halogens is 1. The number of nitrogens with zero attached hydrogens (tertiary/aromatic N) is 1. The Morgan fingerprint density at radius 1 is 1.47 bits per heavy atom. The minimum Gasteiger partial charge on any atom is -0.389 e. The lowest BCUT2D eigenvalue weighted by molar-refractivity contribution is 0.130. The highest BCUT2D eigenvalue weighted by Crippen LogP contribution is 2.30. The number of likely N-dealkylation sites (N-methyl/N-ethyl adjacent to an activating group) is 1. The molecule has 1 N–H and O–H groups in total. The smallest absolute Gasteiger partial charge is 0.0782 e. The van der Waals surface area contributed by atoms with E-state index in [1.54, 1.807) is 6.92 Å². The van der Waals surface area contributed by atoms with E-state index in [-0.39, 0.29) is 0 Å². The molecular formula is C15H22BrNO2. The topological polar surface area (TPSA) is 32.7 Å². The maximum Gasteiger partial charge on any atom is 0.0782 e. The van der Waals surface area contributed by atoms with Crippen molar-refractivity contribution >= 4 is 21.6 Å². The van der Waals surface area contributed by atoms with Gasteiger partial charge in [-0.1, -0.05) is 22.0 Å². The molecule has 0 aromatic heterocycles. The van der Waals surface area contributed by atoms with Crippen LogP contribution in [-0.4, -0.2) is 31.9 Å². The molecule has 1 aromatic rings. The minimum absolute atomic E-state index is 0.460. The zero-order valence-electron chi connectivity index (χ0n) is 11.6. The van der Waals surface area contributed by atoms with Gasteiger partial charge in [0.25, 0.3) is 0 Å². The standard InChI is InChI=1S/C15H22BrNO2/c1-11(18)14-6-5-13(16)9-15(14)17(2)7-8-19-10-12-3-4-12/h5-6,9,11-12,18H,3-4,7-8,10H2,1-2H3. The molecule has 4 heteroatoms. The van der Waals surface area contributed by atoms with E-state index in [1.807, 2.05) is 25.2 Å². The van der Waals surface area contributed by atoms with Gasteiger partial charge in [0.15, 0.2) is 0 Å². The molecule has 0 saturated heterocycles. The molecule has 1 aliphatic carbocycles. The van der Waals surface area contributed by atoms with Crippen LogP contribution in [0, 0.1) is 5.92 Å². The lowest BCUT2D eigenvalue weighted by Crippen LogP contribution is -2.24. The van der Waals surface area contributed by atoms with E-state index >= 15 is 0 Å². The van der Waals surface area contributed by atoms with Gasteiger partial charge in [-0.05, 0) is 37.8 Å². The first-order chi connectivity index (χ1) is 9.08. The van der Waals surface area contributed by atoms with Gasteiger partial charge < -0.3 is 14.7 Å². The maximum absolute atomic E-state index is 9.82. The van der Waals surface area contributed by atoms with Gasteiger partial charge in [0.2, 0.25) is 0 Å². The lowest BCUT2D eigenvalue weighted by Gasteiger charge is -2.24. The number of aliphatic hydroxyl groups excluding tert-OH is 1. The van der Waals surface area contributed by atoms with Crippen LogP contribution in [0.3, 0.4) is 0 Å². The third kappa shape index (κ3) is 4.48. The third-order valence-electron chi connectivity index (χ3n) is 3.48. The molecule has 0 spiro atoms. The normalized spacial score (nSPS) is 16.4. The van der Waals surface area contributed by atoms with Crippen molar-refractivity contribution < 1.29 is 9.84 Å². The quantitative estimate of drug-likeness (QED) is 0.779. The van der Waals surface area contributed by atoms with Gasteiger partial charge in [-0.2, -0.15) is 0 Å². The monoisotopic (exact) mass is 327 g/mol. The first-order valence-electron chi connectivity index (χ1n) is 6.84. The summed E-state index contributed by atoms with van der Waals surface area (Å²) in [6, 6.07) is 5.97. The number of ether oxygens (including phenoxy) is 1. The van der Waals surface area contributed by atoms with E-state index in [1.165, 1.54) is 12.8 Å². The maximum atomic E-state index is 9.82. The molecule has 1 aliphatic rings. The van der Waals surface area contributed by atoms with Crippen molar-refractivity contribution in [1.82, 2.24) is 0 Å². The second-order valence-electron chi connectivity index (χ2n) is 5.32. The molecule has 1 atom stereocenters. The fourth-order valence-corrected chi connectivity index (χ4v) is 2.41. The summed E-state index contributed by atoms with van der Waals surface area (Å²) in [6.45, 7) is 4.27. The summed E-state index contributed by atoms with van der Waals surface area (Å²) in [5.41, 5.74) is 2.01. The van der Waals surface area contributed by atoms with Crippen LogP contribution in [0.5, 0.6) is 0 Å². The van der Waals surface area contributed by atoms with Crippen LogP contribution >= 0.6 is 15.9 Å². The Labute approximate surface area is 123 Å². The summed E-state index contributed by atoms with van der Waals surface area (Å²) >= 11 is 3.48. The largest absolute Gasteiger partial charge is 0.389 e. The van der Waals surface area contributed by atoms with Gasteiger partial charge in [0.1, 0.15) is 0 Å². The molecule has 0 heterocycles. The molecule has 1 unspecified atom stereocenters. The van der Waals surface area contributed by atoms with Gasteiger partial charge in [-0.3, -0.25) is 0 Å². The third-order valence-corrected chi connectivity index (χ3v) is 3.97. The van der Waals surface area contributed by atoms with E-state index in [4.69, 9.17) is 4.74 Å². The van der Waals surface area contributed by atoms with E-state index < -0.39 is 6.10 Å². The average Bonchev–Trinajstić information content (AvgIpc) is 3.18. The Bertz CT molecular complexity index is 419. The summed E-state index contributed by atoms with van der Waals surface area (Å²) in [6.07, 6.45) is 2.19. The van der Waals surface area contributed by atoms with Crippen LogP contribution in [-0.2, 0) is 4.74 Å². The van der Waals surface area contributed by atoms with Crippen LogP contribution in [0.2, 0.25) is 0 Å². The average molecular weight is 328 g/mol. The van der Waals surface area contributed by atoms with Crippen LogP contribution in [0.4, 0.5) is 5.69 Å². The van der Waals surface area contributed by atoms with Gasteiger partial charge in [0.05, 0.1) is 12.7 Å². The molecule has 0 aliphatic heterocycles. The number of rotatable bonds is 7. The summed E-state index contributed by atoms with van der Waals surface area (Å²) in [5, 5.41) is 9.82. The molecule has 0 radical (unpaired) electrons. The van der Waals surface area contributed by atoms with Crippen LogP contribution in [0.1, 0.15) is 31.4 Å². The number of aliphatic hydroxyl groups is 1. The highest BCUT2D eigenvalue weighted by molar-refractivity contribution is 9.10. The number of benzene rings is 1. The molecule has 0 amide bonds. The van der Waals surface area contributed by atoms with E-state index in [2.05, 4.69) is 20.8 Å². The second kappa shape index (κ2) is 6.73. The molecule has 1 aromatic carbocycles. The summed E-state index contributed by atoms with van der Waals surface area (Å²) in [4.78, 5) is 2.14. The predicted molar refractivity (Wildman–Crippen MR) is 81.6 cm³/mol. The minimum atomic E-state index is -0.460. The van der Waals surface area contributed by atoms with Gasteiger partial charge in [-0.15, -0.1) is 0 Å². The Balaban J connectivity index is 1.92. The zero-order valence-corrected chi connectivity index (χ0v) is 13.2. The second-order valence-corrected chi connectivity index (χ2v) is 6.23. The van der Waals surface area contributed by atoms with Crippen molar-refractivity contribution in [1.29, 1.82) is 0 Å². The Kier molecular flexibility index (Phi) is 5.25. The van der Waals surface area contributed by atoms with Gasteiger partial charge in [0, 0.05) is 35.9 Å². The summed E-state index contributed by atoms with van der Waals surface area (Å²) in [7, 11) is 2.04. The SMILES string of the molecule is CC(O)c1ccc(Br)cc1N(C)CCOCC1CC1. The molecule has 2 rings (SSSR count). The molecule has 3 nitrogen and oxygen atoms in total. The summed E-state index contributed by atoms with van der Waals surface area (Å²) in [5.74, 6) is 0.809. The zero-order chi connectivity index (χ0) is 13.8. The van der Waals surface area contributed by atoms with Crippen molar-refractivity contribution in [3.63, 3.8) is 0 Å². The fourth-order valence-electron chi connectivity index (χ4n) is 2.06. The van der Waals surface area contributed by atoms with E-state index in [0.717, 1.165) is 41.4 Å². The number of hydrogen-bond acceptors (Lipinski definition) is 3. The highest BCUT2D eigenvalue weighted by atomic mass is 79.9. The van der Waals surface area contributed by atoms with Crippen LogP contribution < -0.4 is 4.90 Å². The molecular weight excluding hydrogens is 306 g/mol. The Hall–Kier alpha value is -0.580. The van der Waals surface area contributed by atoms with Gasteiger partial charge in [-0.25, -0.2) is 0 Å². The van der Waals surface area contributed by atoms with E-state index in [0.29, 0.717) is 0 Å². The van der Waals surface area contributed by atoms with E-state index in [9.17, 15) is 5.11 Å². The molecule has 1 fully saturated rings. The molecule has 1 saturated carbocycles. The number of anilines is 1. The Morgan fingerprint density at radius 3 is 2.84 bits per heavy atom. The van der Waals surface area contributed by atoms with Crippen molar-refractivity contribution in [2.75, 3.05) is 31.7 Å². The van der Waals surface area contributed by atoms with Crippen LogP contribution in [0.25, 0.3) is 0 Å². The molecule has 0 bridgehead atoms. The molecule has 19 heavy (non-hydrogen) atoms. The number of hydrogen-bond donors (Lipinski definition) is 1. The lowest BCUT2D eigenvalue weighted by atomic mass is 10.1. The molecule has 106 valence electrons. The van der Waals surface area contributed by atoms with Crippen molar-refractivity contribution in [3.05, 3.63) is 28.2 Å². The Morgan fingerprint density at radius 2 is 2.21 bits per heavy atom. The van der Waals surface area contributed by atoms with Crippen molar-refractivity contribution in [3.8, 4) is 0 Å². The van der Waals surface area contributed by atoms with Crippen molar-refractivity contribution in [2.45, 2.75) is 25.9 Å². The van der Waals surface area contributed by atoms with Gasteiger partial charge >= 0.3 is 0 Å². The first-order valence-corrected chi connectivity index (χ1v) is 7.63. The fraction of sp³-hybridized carbons (Fsp3) is 0.600.